The number of fused-ring (bicyclic) bond motifs is 1. The average molecular weight is 255 g/mol. The number of rotatable bonds is 5. The molecule has 2 aliphatic rings. The molecule has 0 unspecified atom stereocenters. The lowest BCUT2D eigenvalue weighted by Gasteiger charge is -2.15. The Hall–Kier alpha value is -1.50. The Morgan fingerprint density at radius 3 is 3.18 bits per heavy atom. The van der Waals surface area contributed by atoms with Crippen LogP contribution < -0.4 is 5.32 Å². The lowest BCUT2D eigenvalue weighted by Crippen LogP contribution is -2.29. The van der Waals surface area contributed by atoms with Crippen LogP contribution in [0.3, 0.4) is 0 Å². The van der Waals surface area contributed by atoms with Crippen LogP contribution in [0.2, 0.25) is 0 Å². The first-order valence-corrected chi connectivity index (χ1v) is 6.21. The molecule has 0 atom stereocenters. The second-order valence-electron chi connectivity index (χ2n) is 3.71. The van der Waals surface area contributed by atoms with E-state index in [9.17, 15) is 9.59 Å². The van der Waals surface area contributed by atoms with Gasteiger partial charge in [-0.2, -0.15) is 0 Å². The number of carboxylic acid groups (broad SMARTS) is 1. The Balaban J connectivity index is 1.76. The zero-order chi connectivity index (χ0) is 12.3. The fourth-order valence-corrected chi connectivity index (χ4v) is 2.60. The highest BCUT2D eigenvalue weighted by molar-refractivity contribution is 8.16. The molecule has 0 aromatic rings. The van der Waals surface area contributed by atoms with E-state index in [0.717, 1.165) is 24.0 Å². The summed E-state index contributed by atoms with van der Waals surface area (Å²) < 4.78 is 0. The van der Waals surface area contributed by atoms with Gasteiger partial charge in [-0.15, -0.1) is 0 Å². The van der Waals surface area contributed by atoms with Crippen molar-refractivity contribution in [2.24, 2.45) is 4.99 Å². The van der Waals surface area contributed by atoms with Crippen molar-refractivity contribution in [3.8, 4) is 0 Å². The fourth-order valence-electron chi connectivity index (χ4n) is 1.65. The molecule has 0 aromatic heterocycles. The number of aliphatic carboxylic acids is 1. The highest BCUT2D eigenvalue weighted by atomic mass is 32.2. The van der Waals surface area contributed by atoms with Crippen LogP contribution in [0.4, 0.5) is 0 Å². The van der Waals surface area contributed by atoms with Crippen molar-refractivity contribution < 1.29 is 14.7 Å². The molecule has 2 rings (SSSR count). The van der Waals surface area contributed by atoms with Crippen molar-refractivity contribution in [1.29, 1.82) is 0 Å². The van der Waals surface area contributed by atoms with Crippen molar-refractivity contribution in [2.75, 3.05) is 19.6 Å². The van der Waals surface area contributed by atoms with Crippen molar-refractivity contribution in [2.45, 2.75) is 12.8 Å². The number of carbonyl (C=O) groups excluding carboxylic acids is 1. The monoisotopic (exact) mass is 255 g/mol. The average Bonchev–Trinajstić information content (AvgIpc) is 2.82. The zero-order valence-electron chi connectivity index (χ0n) is 9.18. The smallest absolute Gasteiger partial charge is 0.305 e. The summed E-state index contributed by atoms with van der Waals surface area (Å²) in [5.41, 5.74) is 0.944. The van der Waals surface area contributed by atoms with E-state index in [0.29, 0.717) is 0 Å². The molecule has 17 heavy (non-hydrogen) atoms. The maximum atomic E-state index is 11.5. The summed E-state index contributed by atoms with van der Waals surface area (Å²) in [4.78, 5) is 28.1. The highest BCUT2D eigenvalue weighted by Crippen LogP contribution is 2.30. The molecule has 0 saturated carbocycles. The normalized spacial score (nSPS) is 17.5. The number of hydrogen-bond acceptors (Lipinski definition) is 5. The van der Waals surface area contributed by atoms with Gasteiger partial charge in [-0.3, -0.25) is 14.6 Å². The molecule has 0 aromatic carbocycles. The number of nitrogens with one attached hydrogen (secondary N) is 1. The van der Waals surface area contributed by atoms with Crippen molar-refractivity contribution in [3.63, 3.8) is 0 Å². The summed E-state index contributed by atoms with van der Waals surface area (Å²) in [5, 5.41) is 13.9. The van der Waals surface area contributed by atoms with Crippen LogP contribution >= 0.6 is 11.8 Å². The van der Waals surface area contributed by atoms with Crippen molar-refractivity contribution in [3.05, 3.63) is 11.1 Å². The van der Waals surface area contributed by atoms with Gasteiger partial charge in [0.25, 0.3) is 0 Å². The molecule has 2 heterocycles. The van der Waals surface area contributed by atoms with Gasteiger partial charge in [0.2, 0.25) is 5.91 Å². The molecule has 1 amide bonds. The maximum absolute atomic E-state index is 11.5. The Kier molecular flexibility index (Phi) is 3.68. The molecule has 2 N–H and O–H groups in total. The molecular formula is C10H13N3O3S. The van der Waals surface area contributed by atoms with Gasteiger partial charge >= 0.3 is 5.97 Å². The first kappa shape index (κ1) is 12.0. The summed E-state index contributed by atoms with van der Waals surface area (Å²) in [6.45, 7) is 1.78. The van der Waals surface area contributed by atoms with Gasteiger partial charge in [-0.05, 0) is 5.41 Å². The fraction of sp³-hybridized carbons (Fsp3) is 0.500. The molecular weight excluding hydrogens is 242 g/mol. The van der Waals surface area contributed by atoms with E-state index in [1.165, 1.54) is 11.8 Å². The number of amides is 1. The second kappa shape index (κ2) is 5.22. The SMILES string of the molecule is O=C(O)CCNC(=O)CC1=CSC2=NCCN12. The first-order valence-electron chi connectivity index (χ1n) is 5.33. The lowest BCUT2D eigenvalue weighted by atomic mass is 10.3. The predicted octanol–water partition coefficient (Wildman–Crippen LogP) is 0.227. The highest BCUT2D eigenvalue weighted by Gasteiger charge is 2.27. The molecule has 0 radical (unpaired) electrons. The summed E-state index contributed by atoms with van der Waals surface area (Å²) in [7, 11) is 0. The minimum absolute atomic E-state index is 0.0457. The van der Waals surface area contributed by atoms with E-state index >= 15 is 0 Å². The number of carboxylic acids is 1. The van der Waals surface area contributed by atoms with Crippen LogP contribution in [-0.4, -0.2) is 46.7 Å². The van der Waals surface area contributed by atoms with E-state index < -0.39 is 5.97 Å². The third kappa shape index (κ3) is 3.00. The van der Waals surface area contributed by atoms with E-state index in [1.807, 2.05) is 10.3 Å². The van der Waals surface area contributed by atoms with Gasteiger partial charge in [-0.25, -0.2) is 0 Å². The lowest BCUT2D eigenvalue weighted by molar-refractivity contribution is -0.136. The molecule has 0 spiro atoms. The predicted molar refractivity (Wildman–Crippen MR) is 64.6 cm³/mol. The number of carbonyl (C=O) groups is 2. The summed E-state index contributed by atoms with van der Waals surface area (Å²) >= 11 is 1.53. The van der Waals surface area contributed by atoms with E-state index in [2.05, 4.69) is 10.3 Å². The summed E-state index contributed by atoms with van der Waals surface area (Å²) in [6, 6.07) is 0. The molecule has 6 nitrogen and oxygen atoms in total. The van der Waals surface area contributed by atoms with Crippen LogP contribution in [0.1, 0.15) is 12.8 Å². The number of hydrogen-bond donors (Lipinski definition) is 2. The molecule has 2 aliphatic heterocycles. The van der Waals surface area contributed by atoms with Crippen LogP contribution in [0, 0.1) is 0 Å². The largest absolute Gasteiger partial charge is 0.481 e. The summed E-state index contributed by atoms with van der Waals surface area (Å²) in [6.07, 6.45) is 0.238. The van der Waals surface area contributed by atoms with Gasteiger partial charge in [0.1, 0.15) is 0 Å². The number of nitrogens with zero attached hydrogens (tertiary/aromatic N) is 2. The second-order valence-corrected chi connectivity index (χ2v) is 4.55. The van der Waals surface area contributed by atoms with Crippen LogP contribution in [-0.2, 0) is 9.59 Å². The number of aliphatic imine (C=N–C) groups is 1. The van der Waals surface area contributed by atoms with Crippen LogP contribution in [0.25, 0.3) is 0 Å². The number of thioether (sulfide) groups is 1. The third-order valence-corrected chi connectivity index (χ3v) is 3.40. The van der Waals surface area contributed by atoms with Crippen molar-refractivity contribution in [1.82, 2.24) is 10.2 Å². The zero-order valence-corrected chi connectivity index (χ0v) is 10.00. The van der Waals surface area contributed by atoms with Gasteiger partial charge in [0.05, 0.1) is 19.4 Å². The molecule has 0 fully saturated rings. The topological polar surface area (TPSA) is 82.0 Å². The molecule has 0 aliphatic carbocycles. The first-order chi connectivity index (χ1) is 8.16. The van der Waals surface area contributed by atoms with Gasteiger partial charge in [-0.1, -0.05) is 11.8 Å². The Morgan fingerprint density at radius 2 is 2.41 bits per heavy atom. The minimum atomic E-state index is -0.908. The van der Waals surface area contributed by atoms with Crippen LogP contribution in [0.15, 0.2) is 16.1 Å². The van der Waals surface area contributed by atoms with Gasteiger partial charge in [0, 0.05) is 18.8 Å². The quantitative estimate of drug-likeness (QED) is 0.734. The van der Waals surface area contributed by atoms with E-state index in [4.69, 9.17) is 5.11 Å². The van der Waals surface area contributed by atoms with Gasteiger partial charge < -0.3 is 15.3 Å². The van der Waals surface area contributed by atoms with E-state index in [-0.39, 0.29) is 25.3 Å². The molecule has 92 valence electrons. The van der Waals surface area contributed by atoms with E-state index in [1.54, 1.807) is 0 Å². The Bertz CT molecular complexity index is 406. The summed E-state index contributed by atoms with van der Waals surface area (Å²) in [5.74, 6) is -1.05. The number of amidine groups is 1. The standard InChI is InChI=1S/C10H13N3O3S/c14-8(11-2-1-9(15)16)5-7-6-17-10-12-3-4-13(7)10/h6H,1-5H2,(H,11,14)(H,15,16). The van der Waals surface area contributed by atoms with Crippen molar-refractivity contribution >= 4 is 28.8 Å². The molecule has 7 heteroatoms. The third-order valence-electron chi connectivity index (χ3n) is 2.45. The molecule has 0 bridgehead atoms. The Morgan fingerprint density at radius 1 is 1.59 bits per heavy atom. The molecule has 0 saturated heterocycles. The van der Waals surface area contributed by atoms with Crippen LogP contribution in [0.5, 0.6) is 0 Å². The Labute approximate surface area is 103 Å². The minimum Gasteiger partial charge on any atom is -0.481 e. The van der Waals surface area contributed by atoms with Gasteiger partial charge in [0.15, 0.2) is 5.17 Å². The maximum Gasteiger partial charge on any atom is 0.305 e.